The Balaban J connectivity index is 1.79. The van der Waals surface area contributed by atoms with E-state index in [1.807, 2.05) is 55.5 Å². The molecule has 0 radical (unpaired) electrons. The predicted molar refractivity (Wildman–Crippen MR) is 116 cm³/mol. The van der Waals surface area contributed by atoms with Gasteiger partial charge in [-0.1, -0.05) is 36.4 Å². The molecule has 0 aliphatic rings. The van der Waals surface area contributed by atoms with E-state index in [0.717, 1.165) is 16.8 Å². The average molecular weight is 415 g/mol. The van der Waals surface area contributed by atoms with Gasteiger partial charge in [0.25, 0.3) is 0 Å². The van der Waals surface area contributed by atoms with Crippen LogP contribution in [0.5, 0.6) is 11.6 Å². The molecular formula is C23H21N5O3. The normalized spacial score (nSPS) is 10.7. The van der Waals surface area contributed by atoms with Crippen LogP contribution in [0.1, 0.15) is 16.7 Å². The quantitative estimate of drug-likeness (QED) is 0.458. The molecular weight excluding hydrogens is 394 g/mol. The fourth-order valence-corrected chi connectivity index (χ4v) is 3.25. The number of nitriles is 1. The molecule has 0 atom stereocenters. The maximum absolute atomic E-state index is 9.65. The van der Waals surface area contributed by atoms with Gasteiger partial charge in [-0.3, -0.25) is 4.57 Å². The molecule has 2 N–H and O–H groups in total. The van der Waals surface area contributed by atoms with Gasteiger partial charge in [-0.2, -0.15) is 10.2 Å². The van der Waals surface area contributed by atoms with Crippen LogP contribution in [0, 0.1) is 18.3 Å². The molecule has 0 unspecified atom stereocenters. The minimum absolute atomic E-state index is 0.116. The van der Waals surface area contributed by atoms with Crippen LogP contribution in [0.3, 0.4) is 0 Å². The Morgan fingerprint density at radius 1 is 1.13 bits per heavy atom. The number of hydrogen-bond acceptors (Lipinski definition) is 7. The van der Waals surface area contributed by atoms with Crippen LogP contribution in [0.25, 0.3) is 16.9 Å². The number of aromatic nitrogens is 3. The maximum Gasteiger partial charge on any atom is 0.234 e. The Morgan fingerprint density at radius 3 is 2.68 bits per heavy atom. The van der Waals surface area contributed by atoms with Crippen molar-refractivity contribution in [1.29, 1.82) is 5.26 Å². The average Bonchev–Trinajstić information content (AvgIpc) is 3.08. The fraction of sp³-hybridized carbons (Fsp3) is 0.174. The molecule has 0 aliphatic heterocycles. The van der Waals surface area contributed by atoms with Gasteiger partial charge >= 0.3 is 0 Å². The molecule has 4 rings (SSSR count). The summed E-state index contributed by atoms with van der Waals surface area (Å²) in [4.78, 5) is 9.02. The summed E-state index contributed by atoms with van der Waals surface area (Å²) in [5, 5.41) is 9.65. The van der Waals surface area contributed by atoms with E-state index in [4.69, 9.17) is 19.9 Å². The van der Waals surface area contributed by atoms with Crippen LogP contribution in [0.2, 0.25) is 0 Å². The van der Waals surface area contributed by atoms with Gasteiger partial charge in [-0.05, 0) is 24.1 Å². The van der Waals surface area contributed by atoms with E-state index in [1.54, 1.807) is 11.7 Å². The van der Waals surface area contributed by atoms with Crippen LogP contribution in [-0.4, -0.2) is 28.4 Å². The van der Waals surface area contributed by atoms with Crippen molar-refractivity contribution in [3.8, 4) is 23.4 Å². The molecule has 0 saturated heterocycles. The fourth-order valence-electron chi connectivity index (χ4n) is 3.25. The SMILES string of the molecule is COCOc1ccc(C)c(-n2c(N)c(C#N)c3ncc(OCc4ccccc4)nc32)c1. The summed E-state index contributed by atoms with van der Waals surface area (Å²) in [5.41, 5.74) is 10.1. The molecule has 0 amide bonds. The number of aryl methyl sites for hydroxylation is 1. The van der Waals surface area contributed by atoms with Crippen molar-refractivity contribution in [2.45, 2.75) is 13.5 Å². The van der Waals surface area contributed by atoms with Crippen molar-refractivity contribution in [3.63, 3.8) is 0 Å². The standard InChI is InChI=1S/C23H21N5O3/c1-15-8-9-17(31-14-29-2)10-19(15)28-22(25)18(11-24)21-23(28)27-20(12-26-21)30-13-16-6-4-3-5-7-16/h3-10,12H,13-14,25H2,1-2H3. The molecule has 8 heteroatoms. The molecule has 0 bridgehead atoms. The number of ether oxygens (including phenoxy) is 3. The van der Waals surface area contributed by atoms with Gasteiger partial charge in [0.05, 0.1) is 11.9 Å². The second kappa shape index (κ2) is 8.73. The highest BCUT2D eigenvalue weighted by molar-refractivity contribution is 5.88. The lowest BCUT2D eigenvalue weighted by molar-refractivity contribution is 0.0511. The van der Waals surface area contributed by atoms with Crippen LogP contribution < -0.4 is 15.2 Å². The summed E-state index contributed by atoms with van der Waals surface area (Å²) in [5.74, 6) is 1.19. The first kappa shape index (κ1) is 20.2. The van der Waals surface area contributed by atoms with Crippen molar-refractivity contribution in [1.82, 2.24) is 14.5 Å². The zero-order chi connectivity index (χ0) is 21.8. The first-order chi connectivity index (χ1) is 15.1. The van der Waals surface area contributed by atoms with Gasteiger partial charge in [0.2, 0.25) is 5.88 Å². The summed E-state index contributed by atoms with van der Waals surface area (Å²) >= 11 is 0. The Labute approximate surface area is 179 Å². The maximum atomic E-state index is 9.65. The van der Waals surface area contributed by atoms with Crippen LogP contribution >= 0.6 is 0 Å². The number of methoxy groups -OCH3 is 1. The van der Waals surface area contributed by atoms with E-state index in [9.17, 15) is 5.26 Å². The monoisotopic (exact) mass is 415 g/mol. The molecule has 0 spiro atoms. The zero-order valence-electron chi connectivity index (χ0n) is 17.2. The van der Waals surface area contributed by atoms with E-state index < -0.39 is 0 Å². The van der Waals surface area contributed by atoms with Gasteiger partial charge in [-0.25, -0.2) is 4.98 Å². The number of rotatable bonds is 7. The minimum Gasteiger partial charge on any atom is -0.472 e. The van der Waals surface area contributed by atoms with Crippen molar-refractivity contribution < 1.29 is 14.2 Å². The lowest BCUT2D eigenvalue weighted by Gasteiger charge is -2.13. The summed E-state index contributed by atoms with van der Waals surface area (Å²) in [6.45, 7) is 2.41. The number of nitrogens with two attached hydrogens (primary N) is 1. The molecule has 0 aliphatic carbocycles. The third-order valence-electron chi connectivity index (χ3n) is 4.78. The van der Waals surface area contributed by atoms with Crippen molar-refractivity contribution in [3.05, 3.63) is 71.4 Å². The van der Waals surface area contributed by atoms with Gasteiger partial charge in [0, 0.05) is 13.2 Å². The van der Waals surface area contributed by atoms with E-state index in [-0.39, 0.29) is 18.2 Å². The number of nitrogens with zero attached hydrogens (tertiary/aromatic N) is 4. The molecule has 31 heavy (non-hydrogen) atoms. The van der Waals surface area contributed by atoms with Gasteiger partial charge in [0.1, 0.15) is 35.3 Å². The molecule has 0 fully saturated rings. The van der Waals surface area contributed by atoms with Crippen LogP contribution in [-0.2, 0) is 11.3 Å². The predicted octanol–water partition coefficient (Wildman–Crippen LogP) is 3.74. The Bertz CT molecular complexity index is 1260. The summed E-state index contributed by atoms with van der Waals surface area (Å²) in [7, 11) is 1.55. The first-order valence-corrected chi connectivity index (χ1v) is 9.59. The topological polar surface area (TPSA) is 108 Å². The molecule has 2 aromatic carbocycles. The highest BCUT2D eigenvalue weighted by Crippen LogP contribution is 2.32. The molecule has 0 saturated carbocycles. The van der Waals surface area contributed by atoms with Crippen LogP contribution in [0.15, 0.2) is 54.7 Å². The lowest BCUT2D eigenvalue weighted by Crippen LogP contribution is -2.06. The van der Waals surface area contributed by atoms with E-state index >= 15 is 0 Å². The molecule has 4 aromatic rings. The smallest absolute Gasteiger partial charge is 0.234 e. The van der Waals surface area contributed by atoms with Crippen LogP contribution in [0.4, 0.5) is 5.82 Å². The Kier molecular flexibility index (Phi) is 5.69. The lowest BCUT2D eigenvalue weighted by atomic mass is 10.2. The zero-order valence-corrected chi connectivity index (χ0v) is 17.2. The molecule has 2 heterocycles. The van der Waals surface area contributed by atoms with Gasteiger partial charge in [0.15, 0.2) is 12.4 Å². The van der Waals surface area contributed by atoms with E-state index in [1.165, 1.54) is 6.20 Å². The highest BCUT2D eigenvalue weighted by Gasteiger charge is 2.21. The van der Waals surface area contributed by atoms with Crippen molar-refractivity contribution in [2.24, 2.45) is 0 Å². The third-order valence-corrected chi connectivity index (χ3v) is 4.78. The summed E-state index contributed by atoms with van der Waals surface area (Å²) in [6, 6.07) is 17.5. The van der Waals surface area contributed by atoms with Crippen molar-refractivity contribution >= 4 is 17.0 Å². The number of nitrogen functional groups attached to an aromatic ring is 1. The summed E-state index contributed by atoms with van der Waals surface area (Å²) in [6.07, 6.45) is 1.50. The number of fused-ring (bicyclic) bond motifs is 1. The second-order valence-corrected chi connectivity index (χ2v) is 6.86. The molecule has 8 nitrogen and oxygen atoms in total. The van der Waals surface area contributed by atoms with Crippen molar-refractivity contribution in [2.75, 3.05) is 19.6 Å². The summed E-state index contributed by atoms with van der Waals surface area (Å²) < 4.78 is 18.1. The number of hydrogen-bond donors (Lipinski definition) is 1. The Hall–Kier alpha value is -4.09. The highest BCUT2D eigenvalue weighted by atomic mass is 16.7. The molecule has 2 aromatic heterocycles. The minimum atomic E-state index is 0.116. The first-order valence-electron chi connectivity index (χ1n) is 9.59. The third kappa shape index (κ3) is 3.99. The molecule has 156 valence electrons. The second-order valence-electron chi connectivity index (χ2n) is 6.86. The largest absolute Gasteiger partial charge is 0.472 e. The van der Waals surface area contributed by atoms with Gasteiger partial charge in [-0.15, -0.1) is 0 Å². The van der Waals surface area contributed by atoms with E-state index in [0.29, 0.717) is 29.4 Å². The number of anilines is 1. The number of benzene rings is 2. The van der Waals surface area contributed by atoms with E-state index in [2.05, 4.69) is 16.0 Å². The van der Waals surface area contributed by atoms with Gasteiger partial charge < -0.3 is 19.9 Å². The Morgan fingerprint density at radius 2 is 1.94 bits per heavy atom.